The monoisotopic (exact) mass is 272 g/mol. The van der Waals surface area contributed by atoms with Gasteiger partial charge in [-0.1, -0.05) is 19.9 Å². The molecule has 0 aliphatic carbocycles. The molecule has 0 unspecified atom stereocenters. The van der Waals surface area contributed by atoms with Crippen LogP contribution in [0.4, 0.5) is 4.39 Å². The van der Waals surface area contributed by atoms with Crippen LogP contribution in [0.25, 0.3) is 11.1 Å². The summed E-state index contributed by atoms with van der Waals surface area (Å²) in [6, 6.07) is 7.33. The van der Waals surface area contributed by atoms with E-state index in [1.165, 1.54) is 11.6 Å². The molecule has 0 spiro atoms. The number of benzene rings is 1. The Kier molecular flexibility index (Phi) is 4.85. The van der Waals surface area contributed by atoms with Gasteiger partial charge in [-0.05, 0) is 54.9 Å². The van der Waals surface area contributed by atoms with Crippen molar-refractivity contribution < 1.29 is 4.39 Å². The molecular formula is C17H21FN2. The second-order valence-corrected chi connectivity index (χ2v) is 5.01. The fourth-order valence-electron chi connectivity index (χ4n) is 2.26. The molecule has 0 saturated heterocycles. The lowest BCUT2D eigenvalue weighted by molar-refractivity contribution is 0.295. The molecule has 2 nitrogen and oxygen atoms in total. The molecule has 0 radical (unpaired) electrons. The van der Waals surface area contributed by atoms with Crippen LogP contribution in [-0.2, 0) is 6.54 Å². The van der Waals surface area contributed by atoms with Gasteiger partial charge in [0.1, 0.15) is 5.82 Å². The van der Waals surface area contributed by atoms with E-state index in [-0.39, 0.29) is 5.82 Å². The second kappa shape index (κ2) is 6.62. The molecule has 1 aromatic heterocycles. The summed E-state index contributed by atoms with van der Waals surface area (Å²) in [5.41, 5.74) is 3.90. The molecule has 2 aromatic rings. The van der Waals surface area contributed by atoms with Crippen LogP contribution in [0.3, 0.4) is 0 Å². The lowest BCUT2D eigenvalue weighted by atomic mass is 10.0. The summed E-state index contributed by atoms with van der Waals surface area (Å²) in [7, 11) is 0. The van der Waals surface area contributed by atoms with Crippen LogP contribution in [0.1, 0.15) is 25.0 Å². The Balaban J connectivity index is 2.27. The summed E-state index contributed by atoms with van der Waals surface area (Å²) in [5, 5.41) is 0. The molecule has 0 aliphatic heterocycles. The smallest absolute Gasteiger partial charge is 0.126 e. The fourth-order valence-corrected chi connectivity index (χ4v) is 2.26. The predicted molar refractivity (Wildman–Crippen MR) is 81.0 cm³/mol. The molecule has 20 heavy (non-hydrogen) atoms. The van der Waals surface area contributed by atoms with Gasteiger partial charge in [-0.2, -0.15) is 0 Å². The molecular weight excluding hydrogens is 251 g/mol. The highest BCUT2D eigenvalue weighted by molar-refractivity contribution is 5.63. The van der Waals surface area contributed by atoms with Crippen molar-refractivity contribution >= 4 is 0 Å². The van der Waals surface area contributed by atoms with E-state index >= 15 is 0 Å². The zero-order valence-corrected chi connectivity index (χ0v) is 12.4. The van der Waals surface area contributed by atoms with E-state index in [0.717, 1.165) is 30.8 Å². The highest BCUT2D eigenvalue weighted by atomic mass is 19.1. The van der Waals surface area contributed by atoms with E-state index in [1.807, 2.05) is 18.5 Å². The average Bonchev–Trinajstić information content (AvgIpc) is 2.48. The molecule has 2 rings (SSSR count). The van der Waals surface area contributed by atoms with E-state index in [4.69, 9.17) is 0 Å². The van der Waals surface area contributed by atoms with Gasteiger partial charge in [-0.25, -0.2) is 4.39 Å². The Morgan fingerprint density at radius 3 is 2.45 bits per heavy atom. The first-order valence-corrected chi connectivity index (χ1v) is 7.06. The topological polar surface area (TPSA) is 16.1 Å². The third kappa shape index (κ3) is 3.42. The number of rotatable bonds is 5. The van der Waals surface area contributed by atoms with Crippen molar-refractivity contribution in [3.05, 3.63) is 53.6 Å². The maximum absolute atomic E-state index is 13.3. The van der Waals surface area contributed by atoms with Crippen LogP contribution < -0.4 is 0 Å². The summed E-state index contributed by atoms with van der Waals surface area (Å²) in [4.78, 5) is 6.66. The van der Waals surface area contributed by atoms with Gasteiger partial charge in [0.25, 0.3) is 0 Å². The summed E-state index contributed by atoms with van der Waals surface area (Å²) in [6.07, 6.45) is 3.73. The first kappa shape index (κ1) is 14.7. The van der Waals surface area contributed by atoms with E-state index < -0.39 is 0 Å². The number of aryl methyl sites for hydroxylation is 1. The van der Waals surface area contributed by atoms with Crippen LogP contribution in [0, 0.1) is 12.7 Å². The molecule has 0 saturated carbocycles. The third-order valence-corrected chi connectivity index (χ3v) is 3.59. The van der Waals surface area contributed by atoms with Gasteiger partial charge >= 0.3 is 0 Å². The molecule has 0 aliphatic rings. The summed E-state index contributed by atoms with van der Waals surface area (Å²) in [5.74, 6) is -0.166. The van der Waals surface area contributed by atoms with E-state index in [0.29, 0.717) is 5.56 Å². The van der Waals surface area contributed by atoms with Crippen molar-refractivity contribution in [2.24, 2.45) is 0 Å². The van der Waals surface area contributed by atoms with Gasteiger partial charge in [-0.3, -0.25) is 9.88 Å². The second-order valence-electron chi connectivity index (χ2n) is 5.01. The molecule has 1 aromatic carbocycles. The van der Waals surface area contributed by atoms with Crippen LogP contribution in [-0.4, -0.2) is 23.0 Å². The Hall–Kier alpha value is -1.74. The quantitative estimate of drug-likeness (QED) is 0.816. The Bertz CT molecular complexity index is 577. The highest BCUT2D eigenvalue weighted by Crippen LogP contribution is 2.22. The number of hydrogen-bond donors (Lipinski definition) is 0. The van der Waals surface area contributed by atoms with Crippen LogP contribution >= 0.6 is 0 Å². The van der Waals surface area contributed by atoms with Crippen molar-refractivity contribution in [3.63, 3.8) is 0 Å². The Morgan fingerprint density at radius 2 is 1.80 bits per heavy atom. The maximum Gasteiger partial charge on any atom is 0.126 e. The number of nitrogens with zero attached hydrogens (tertiary/aromatic N) is 2. The van der Waals surface area contributed by atoms with E-state index in [1.54, 1.807) is 13.0 Å². The normalized spacial score (nSPS) is 11.1. The number of aromatic nitrogens is 1. The number of pyridine rings is 1. The van der Waals surface area contributed by atoms with E-state index in [9.17, 15) is 4.39 Å². The van der Waals surface area contributed by atoms with Crippen molar-refractivity contribution in [2.75, 3.05) is 13.1 Å². The highest BCUT2D eigenvalue weighted by Gasteiger charge is 2.05. The summed E-state index contributed by atoms with van der Waals surface area (Å²) < 4.78 is 13.3. The van der Waals surface area contributed by atoms with Gasteiger partial charge < -0.3 is 0 Å². The van der Waals surface area contributed by atoms with Gasteiger partial charge in [-0.15, -0.1) is 0 Å². The van der Waals surface area contributed by atoms with Crippen molar-refractivity contribution in [3.8, 4) is 11.1 Å². The first-order chi connectivity index (χ1) is 9.63. The lowest BCUT2D eigenvalue weighted by Gasteiger charge is -2.18. The minimum Gasteiger partial charge on any atom is -0.300 e. The molecule has 1 heterocycles. The molecule has 0 amide bonds. The van der Waals surface area contributed by atoms with Crippen molar-refractivity contribution in [1.82, 2.24) is 9.88 Å². The van der Waals surface area contributed by atoms with Crippen molar-refractivity contribution in [2.45, 2.75) is 27.3 Å². The average molecular weight is 272 g/mol. The minimum atomic E-state index is -0.166. The lowest BCUT2D eigenvalue weighted by Crippen LogP contribution is -2.22. The van der Waals surface area contributed by atoms with Crippen LogP contribution in [0.2, 0.25) is 0 Å². The molecule has 0 N–H and O–H groups in total. The SMILES string of the molecule is CCN(CC)Cc1cncc(-c2ccc(F)c(C)c2)c1. The summed E-state index contributed by atoms with van der Waals surface area (Å²) in [6.45, 7) is 9.04. The molecule has 0 bridgehead atoms. The maximum atomic E-state index is 13.3. The van der Waals surface area contributed by atoms with E-state index in [2.05, 4.69) is 29.8 Å². The van der Waals surface area contributed by atoms with Crippen LogP contribution in [0.5, 0.6) is 0 Å². The predicted octanol–water partition coefficient (Wildman–Crippen LogP) is 4.04. The number of halogens is 1. The van der Waals surface area contributed by atoms with Gasteiger partial charge in [0, 0.05) is 24.5 Å². The molecule has 0 fully saturated rings. The number of hydrogen-bond acceptors (Lipinski definition) is 2. The van der Waals surface area contributed by atoms with Crippen LogP contribution in [0.15, 0.2) is 36.7 Å². The minimum absolute atomic E-state index is 0.166. The Morgan fingerprint density at radius 1 is 1.05 bits per heavy atom. The first-order valence-electron chi connectivity index (χ1n) is 7.06. The zero-order valence-electron chi connectivity index (χ0n) is 12.4. The third-order valence-electron chi connectivity index (χ3n) is 3.59. The summed E-state index contributed by atoms with van der Waals surface area (Å²) >= 11 is 0. The Labute approximate surface area is 120 Å². The largest absolute Gasteiger partial charge is 0.300 e. The fraction of sp³-hybridized carbons (Fsp3) is 0.353. The molecule has 106 valence electrons. The zero-order chi connectivity index (χ0) is 14.5. The van der Waals surface area contributed by atoms with Gasteiger partial charge in [0.05, 0.1) is 0 Å². The van der Waals surface area contributed by atoms with Crippen molar-refractivity contribution in [1.29, 1.82) is 0 Å². The van der Waals surface area contributed by atoms with Gasteiger partial charge in [0.15, 0.2) is 0 Å². The molecule has 0 atom stereocenters. The van der Waals surface area contributed by atoms with Gasteiger partial charge in [0.2, 0.25) is 0 Å². The molecule has 3 heteroatoms. The standard InChI is InChI=1S/C17H21FN2/c1-4-20(5-2)12-14-9-16(11-19-10-14)15-6-7-17(18)13(3)8-15/h6-11H,4-5,12H2,1-3H3.